The van der Waals surface area contributed by atoms with E-state index in [-0.39, 0.29) is 18.3 Å². The van der Waals surface area contributed by atoms with Crippen LogP contribution in [0.15, 0.2) is 66.7 Å². The Morgan fingerprint density at radius 1 is 1.10 bits per heavy atom. The minimum absolute atomic E-state index is 0.205. The van der Waals surface area contributed by atoms with Crippen LogP contribution in [-0.2, 0) is 23.1 Å². The number of ether oxygens (including phenoxy) is 1. The summed E-state index contributed by atoms with van der Waals surface area (Å²) in [6.45, 7) is 0.584. The Balaban J connectivity index is 1.44. The van der Waals surface area contributed by atoms with E-state index in [1.54, 1.807) is 54.6 Å². The average Bonchev–Trinajstić information content (AvgIpc) is 3.16. The standard InChI is InChI=1S/C23H21FN2O4S/c1-31(28,29)26-11-10-17-13-18(8-9-22(17)26)23(27)25-20-6-3-7-21(14-20)30-15-16-4-2-5-19(24)12-16/h2-9,12-14H,10-11,15H2,1H3,(H,25,27). The van der Waals surface area contributed by atoms with Gasteiger partial charge in [0.1, 0.15) is 18.2 Å². The Kier molecular flexibility index (Phi) is 5.65. The first-order valence-electron chi connectivity index (χ1n) is 9.69. The molecule has 1 aliphatic rings. The second-order valence-electron chi connectivity index (χ2n) is 7.33. The molecule has 1 aliphatic heterocycles. The molecule has 1 heterocycles. The Morgan fingerprint density at radius 2 is 1.90 bits per heavy atom. The third kappa shape index (κ3) is 4.86. The van der Waals surface area contributed by atoms with Crippen molar-refractivity contribution in [3.05, 3.63) is 89.2 Å². The molecule has 0 saturated carbocycles. The summed E-state index contributed by atoms with van der Waals surface area (Å²) < 4.78 is 44.1. The lowest BCUT2D eigenvalue weighted by molar-refractivity contribution is 0.102. The van der Waals surface area contributed by atoms with Gasteiger partial charge in [0.25, 0.3) is 5.91 Å². The molecule has 1 N–H and O–H groups in total. The Hall–Kier alpha value is -3.39. The molecule has 3 aromatic carbocycles. The summed E-state index contributed by atoms with van der Waals surface area (Å²) in [6, 6.07) is 18.1. The van der Waals surface area contributed by atoms with E-state index in [0.717, 1.165) is 5.56 Å². The third-order valence-corrected chi connectivity index (χ3v) is 6.16. The number of anilines is 2. The second-order valence-corrected chi connectivity index (χ2v) is 9.24. The zero-order valence-electron chi connectivity index (χ0n) is 16.8. The number of sulfonamides is 1. The number of hydrogen-bond donors (Lipinski definition) is 1. The molecule has 6 nitrogen and oxygen atoms in total. The molecule has 0 aliphatic carbocycles. The van der Waals surface area contributed by atoms with Crippen molar-refractivity contribution in [3.8, 4) is 5.75 Å². The predicted octanol–water partition coefficient (Wildman–Crippen LogP) is 3.98. The molecule has 1 amide bonds. The fourth-order valence-electron chi connectivity index (χ4n) is 3.52. The van der Waals surface area contributed by atoms with Gasteiger partial charge in [-0.05, 0) is 60.0 Å². The van der Waals surface area contributed by atoms with Gasteiger partial charge in [-0.3, -0.25) is 9.10 Å². The minimum atomic E-state index is -3.33. The molecular formula is C23H21FN2O4S. The first kappa shape index (κ1) is 20.9. The lowest BCUT2D eigenvalue weighted by Crippen LogP contribution is -2.27. The second kappa shape index (κ2) is 8.39. The normalized spacial score (nSPS) is 13.0. The predicted molar refractivity (Wildman–Crippen MR) is 117 cm³/mol. The third-order valence-electron chi connectivity index (χ3n) is 4.98. The number of nitrogens with zero attached hydrogens (tertiary/aromatic N) is 1. The smallest absolute Gasteiger partial charge is 0.255 e. The molecule has 0 saturated heterocycles. The summed E-state index contributed by atoms with van der Waals surface area (Å²) in [6.07, 6.45) is 1.74. The van der Waals surface area contributed by atoms with Crippen LogP contribution in [0.2, 0.25) is 0 Å². The van der Waals surface area contributed by atoms with Gasteiger partial charge < -0.3 is 10.1 Å². The van der Waals surface area contributed by atoms with Gasteiger partial charge in [-0.2, -0.15) is 0 Å². The van der Waals surface area contributed by atoms with Gasteiger partial charge in [-0.25, -0.2) is 12.8 Å². The number of benzene rings is 3. The SMILES string of the molecule is CS(=O)(=O)N1CCc2cc(C(=O)Nc3cccc(OCc4cccc(F)c4)c3)ccc21. The highest BCUT2D eigenvalue weighted by Crippen LogP contribution is 2.31. The van der Waals surface area contributed by atoms with Crippen LogP contribution >= 0.6 is 0 Å². The number of rotatable bonds is 6. The van der Waals surface area contributed by atoms with Gasteiger partial charge in [0.2, 0.25) is 10.0 Å². The number of nitrogens with one attached hydrogen (secondary N) is 1. The maximum atomic E-state index is 13.3. The largest absolute Gasteiger partial charge is 0.489 e. The van der Waals surface area contributed by atoms with Gasteiger partial charge >= 0.3 is 0 Å². The minimum Gasteiger partial charge on any atom is -0.489 e. The molecular weight excluding hydrogens is 419 g/mol. The summed E-state index contributed by atoms with van der Waals surface area (Å²) in [7, 11) is -3.33. The van der Waals surface area contributed by atoms with E-state index >= 15 is 0 Å². The lowest BCUT2D eigenvalue weighted by atomic mass is 10.1. The van der Waals surface area contributed by atoms with Crippen LogP contribution in [0.25, 0.3) is 0 Å². The Bertz CT molecular complexity index is 1240. The molecule has 8 heteroatoms. The van der Waals surface area contributed by atoms with Crippen LogP contribution in [-0.4, -0.2) is 27.1 Å². The molecule has 0 radical (unpaired) electrons. The maximum Gasteiger partial charge on any atom is 0.255 e. The Morgan fingerprint density at radius 3 is 2.68 bits per heavy atom. The van der Waals surface area contributed by atoms with Crippen LogP contribution < -0.4 is 14.4 Å². The van der Waals surface area contributed by atoms with Gasteiger partial charge in [-0.1, -0.05) is 18.2 Å². The Labute approximate surface area is 180 Å². The number of carbonyl (C=O) groups is 1. The summed E-state index contributed by atoms with van der Waals surface area (Å²) in [4.78, 5) is 12.7. The summed E-state index contributed by atoms with van der Waals surface area (Å²) in [5.41, 5.74) is 3.15. The topological polar surface area (TPSA) is 75.7 Å². The van der Waals surface area contributed by atoms with E-state index in [4.69, 9.17) is 4.74 Å². The van der Waals surface area contributed by atoms with Crippen molar-refractivity contribution in [2.24, 2.45) is 0 Å². The molecule has 0 atom stereocenters. The van der Waals surface area contributed by atoms with E-state index in [2.05, 4.69) is 5.32 Å². The fourth-order valence-corrected chi connectivity index (χ4v) is 4.48. The van der Waals surface area contributed by atoms with Crippen molar-refractivity contribution in [2.45, 2.75) is 13.0 Å². The molecule has 0 aromatic heterocycles. The van der Waals surface area contributed by atoms with Crippen molar-refractivity contribution in [2.75, 3.05) is 22.4 Å². The van der Waals surface area contributed by atoms with Crippen LogP contribution in [0, 0.1) is 5.82 Å². The lowest BCUT2D eigenvalue weighted by Gasteiger charge is -2.16. The molecule has 0 bridgehead atoms. The summed E-state index contributed by atoms with van der Waals surface area (Å²) in [5.74, 6) is -0.0844. The van der Waals surface area contributed by atoms with Gasteiger partial charge in [0.05, 0.1) is 11.9 Å². The van der Waals surface area contributed by atoms with Crippen LogP contribution in [0.3, 0.4) is 0 Å². The first-order chi connectivity index (χ1) is 14.8. The number of amides is 1. The van der Waals surface area contributed by atoms with Gasteiger partial charge in [-0.15, -0.1) is 0 Å². The highest BCUT2D eigenvalue weighted by atomic mass is 32.2. The van der Waals surface area contributed by atoms with Crippen LogP contribution in [0.4, 0.5) is 15.8 Å². The van der Waals surface area contributed by atoms with Crippen molar-refractivity contribution in [1.82, 2.24) is 0 Å². The molecule has 31 heavy (non-hydrogen) atoms. The van der Waals surface area contributed by atoms with Gasteiger partial charge in [0.15, 0.2) is 0 Å². The van der Waals surface area contributed by atoms with Crippen LogP contribution in [0.1, 0.15) is 21.5 Å². The van der Waals surface area contributed by atoms with Crippen molar-refractivity contribution in [3.63, 3.8) is 0 Å². The highest BCUT2D eigenvalue weighted by molar-refractivity contribution is 7.92. The summed E-state index contributed by atoms with van der Waals surface area (Å²) >= 11 is 0. The van der Waals surface area contributed by atoms with E-state index in [1.165, 1.54) is 22.7 Å². The number of fused-ring (bicyclic) bond motifs is 1. The number of carbonyl (C=O) groups excluding carboxylic acids is 1. The number of hydrogen-bond acceptors (Lipinski definition) is 4. The molecule has 0 unspecified atom stereocenters. The first-order valence-corrected chi connectivity index (χ1v) is 11.5. The van der Waals surface area contributed by atoms with E-state index in [1.807, 2.05) is 0 Å². The van der Waals surface area contributed by atoms with Crippen LogP contribution in [0.5, 0.6) is 5.75 Å². The molecule has 0 spiro atoms. The quantitative estimate of drug-likeness (QED) is 0.629. The maximum absolute atomic E-state index is 13.3. The molecule has 3 aromatic rings. The fraction of sp³-hybridized carbons (Fsp3) is 0.174. The van der Waals surface area contributed by atoms with Crippen molar-refractivity contribution in [1.29, 1.82) is 0 Å². The summed E-state index contributed by atoms with van der Waals surface area (Å²) in [5, 5.41) is 2.83. The van der Waals surface area contributed by atoms with Crippen molar-refractivity contribution >= 4 is 27.3 Å². The highest BCUT2D eigenvalue weighted by Gasteiger charge is 2.26. The van der Waals surface area contributed by atoms with Gasteiger partial charge in [0, 0.05) is 23.9 Å². The monoisotopic (exact) mass is 440 g/mol. The van der Waals surface area contributed by atoms with E-state index < -0.39 is 10.0 Å². The zero-order valence-corrected chi connectivity index (χ0v) is 17.7. The van der Waals surface area contributed by atoms with Crippen molar-refractivity contribution < 1.29 is 22.3 Å². The average molecular weight is 440 g/mol. The number of halogens is 1. The zero-order chi connectivity index (χ0) is 22.0. The molecule has 160 valence electrons. The molecule has 0 fully saturated rings. The van der Waals surface area contributed by atoms with E-state index in [0.29, 0.717) is 41.2 Å². The molecule has 4 rings (SSSR count). The van der Waals surface area contributed by atoms with E-state index in [9.17, 15) is 17.6 Å².